The third-order valence-corrected chi connectivity index (χ3v) is 1.78. The molecule has 14 heavy (non-hydrogen) atoms. The molecule has 0 spiro atoms. The van der Waals surface area contributed by atoms with Crippen LogP contribution < -0.4 is 0 Å². The van der Waals surface area contributed by atoms with Crippen LogP contribution in [0.4, 0.5) is 13.2 Å². The van der Waals surface area contributed by atoms with E-state index in [1.54, 1.807) is 6.92 Å². The van der Waals surface area contributed by atoms with Crippen molar-refractivity contribution >= 4 is 0 Å². The minimum Gasteiger partial charge on any atom is -0.359 e. The molecule has 2 nitrogen and oxygen atoms in total. The Morgan fingerprint density at radius 2 is 1.50 bits per heavy atom. The standard InChI is InChI=1S/C7H13F3O2.C2H6/c1-3-5(2)4-6(11,12)7(8,9)10;1-2/h5,11-12H,3-4H2,1-2H3;1-2H3/t5-;/m0./s1. The maximum atomic E-state index is 11.8. The van der Waals surface area contributed by atoms with Gasteiger partial charge in [0.05, 0.1) is 0 Å². The van der Waals surface area contributed by atoms with Crippen LogP contribution in [0.15, 0.2) is 0 Å². The van der Waals surface area contributed by atoms with E-state index in [-0.39, 0.29) is 5.92 Å². The van der Waals surface area contributed by atoms with E-state index in [1.807, 2.05) is 13.8 Å². The summed E-state index contributed by atoms with van der Waals surface area (Å²) >= 11 is 0. The molecule has 0 heterocycles. The van der Waals surface area contributed by atoms with Crippen molar-refractivity contribution in [2.45, 2.75) is 52.5 Å². The van der Waals surface area contributed by atoms with Crippen LogP contribution in [0.1, 0.15) is 40.5 Å². The van der Waals surface area contributed by atoms with Crippen LogP contribution in [-0.2, 0) is 0 Å². The number of rotatable bonds is 3. The second kappa shape index (κ2) is 6.24. The highest BCUT2D eigenvalue weighted by Gasteiger charge is 2.52. The summed E-state index contributed by atoms with van der Waals surface area (Å²) < 4.78 is 35.5. The van der Waals surface area contributed by atoms with Crippen molar-refractivity contribution in [1.82, 2.24) is 0 Å². The van der Waals surface area contributed by atoms with Gasteiger partial charge in [0.2, 0.25) is 0 Å². The van der Waals surface area contributed by atoms with Crippen LogP contribution >= 0.6 is 0 Å². The average molecular weight is 216 g/mol. The topological polar surface area (TPSA) is 40.5 Å². The molecule has 1 atom stereocenters. The Kier molecular flexibility index (Phi) is 7.20. The van der Waals surface area contributed by atoms with Gasteiger partial charge in [-0.05, 0) is 5.92 Å². The maximum absolute atomic E-state index is 11.8. The van der Waals surface area contributed by atoms with Gasteiger partial charge in [0.15, 0.2) is 0 Å². The first-order chi connectivity index (χ1) is 6.20. The van der Waals surface area contributed by atoms with Crippen molar-refractivity contribution in [3.05, 3.63) is 0 Å². The van der Waals surface area contributed by atoms with E-state index in [0.717, 1.165) is 0 Å². The van der Waals surface area contributed by atoms with E-state index in [2.05, 4.69) is 0 Å². The van der Waals surface area contributed by atoms with Gasteiger partial charge >= 0.3 is 6.18 Å². The Balaban J connectivity index is 0. The molecule has 0 amide bonds. The molecule has 0 unspecified atom stereocenters. The molecule has 0 fully saturated rings. The van der Waals surface area contributed by atoms with Crippen molar-refractivity contribution in [1.29, 1.82) is 0 Å². The number of aliphatic hydroxyl groups is 2. The van der Waals surface area contributed by atoms with Gasteiger partial charge in [0.25, 0.3) is 5.79 Å². The van der Waals surface area contributed by atoms with E-state index in [9.17, 15) is 13.2 Å². The Hall–Kier alpha value is -0.290. The highest BCUT2D eigenvalue weighted by Crippen LogP contribution is 2.33. The summed E-state index contributed by atoms with van der Waals surface area (Å²) in [6, 6.07) is 0. The highest BCUT2D eigenvalue weighted by molar-refractivity contribution is 4.75. The van der Waals surface area contributed by atoms with Gasteiger partial charge in [-0.2, -0.15) is 13.2 Å². The molecule has 0 aliphatic heterocycles. The monoisotopic (exact) mass is 216 g/mol. The summed E-state index contributed by atoms with van der Waals surface area (Å²) in [5, 5.41) is 17.2. The van der Waals surface area contributed by atoms with E-state index in [0.29, 0.717) is 6.42 Å². The van der Waals surface area contributed by atoms with Gasteiger partial charge in [-0.15, -0.1) is 0 Å². The minimum absolute atomic E-state index is 0.360. The predicted octanol–water partition coefficient (Wildman–Crippen LogP) is 2.69. The third kappa shape index (κ3) is 5.44. The lowest BCUT2D eigenvalue weighted by Crippen LogP contribution is -2.46. The van der Waals surface area contributed by atoms with Crippen molar-refractivity contribution in [2.24, 2.45) is 5.92 Å². The van der Waals surface area contributed by atoms with Crippen LogP contribution in [0.25, 0.3) is 0 Å². The van der Waals surface area contributed by atoms with Crippen LogP contribution in [-0.4, -0.2) is 22.2 Å². The molecule has 0 bridgehead atoms. The molecule has 0 saturated carbocycles. The van der Waals surface area contributed by atoms with Crippen LogP contribution in [0.2, 0.25) is 0 Å². The Bertz CT molecular complexity index is 143. The number of alkyl halides is 3. The second-order valence-corrected chi connectivity index (χ2v) is 3.03. The third-order valence-electron chi connectivity index (χ3n) is 1.78. The van der Waals surface area contributed by atoms with Crippen molar-refractivity contribution in [3.63, 3.8) is 0 Å². The van der Waals surface area contributed by atoms with Crippen LogP contribution in [0.5, 0.6) is 0 Å². The Morgan fingerprint density at radius 3 is 1.71 bits per heavy atom. The second-order valence-electron chi connectivity index (χ2n) is 3.03. The lowest BCUT2D eigenvalue weighted by atomic mass is 9.98. The molecule has 88 valence electrons. The lowest BCUT2D eigenvalue weighted by molar-refractivity contribution is -0.354. The molecule has 0 aromatic heterocycles. The zero-order valence-electron chi connectivity index (χ0n) is 9.02. The molecule has 0 aromatic rings. The first-order valence-corrected chi connectivity index (χ1v) is 4.72. The molecule has 0 aliphatic carbocycles. The SMILES string of the molecule is CC.CC[C@H](C)CC(O)(O)C(F)(F)F. The first kappa shape index (κ1) is 16.2. The van der Waals surface area contributed by atoms with Crippen LogP contribution in [0, 0.1) is 5.92 Å². The minimum atomic E-state index is -4.96. The summed E-state index contributed by atoms with van der Waals surface area (Å²) in [5.41, 5.74) is 0. The van der Waals surface area contributed by atoms with Gasteiger partial charge in [-0.3, -0.25) is 0 Å². The van der Waals surface area contributed by atoms with Gasteiger partial charge in [-0.25, -0.2) is 0 Å². The van der Waals surface area contributed by atoms with Gasteiger partial charge in [0.1, 0.15) is 0 Å². The fourth-order valence-corrected chi connectivity index (χ4v) is 0.746. The van der Waals surface area contributed by atoms with Gasteiger partial charge in [0, 0.05) is 6.42 Å². The van der Waals surface area contributed by atoms with E-state index >= 15 is 0 Å². The summed E-state index contributed by atoms with van der Waals surface area (Å²) in [5.74, 6) is -3.90. The van der Waals surface area contributed by atoms with E-state index in [4.69, 9.17) is 10.2 Å². The fraction of sp³-hybridized carbons (Fsp3) is 1.00. The molecule has 0 radical (unpaired) electrons. The number of hydrogen-bond acceptors (Lipinski definition) is 2. The lowest BCUT2D eigenvalue weighted by Gasteiger charge is -2.26. The molecule has 2 N–H and O–H groups in total. The molecule has 0 saturated heterocycles. The average Bonchev–Trinajstić information content (AvgIpc) is 2.05. The van der Waals surface area contributed by atoms with Gasteiger partial charge < -0.3 is 10.2 Å². The molecular formula is C9H19F3O2. The largest absolute Gasteiger partial charge is 0.442 e. The molecule has 5 heteroatoms. The smallest absolute Gasteiger partial charge is 0.359 e. The normalized spacial score (nSPS) is 14.4. The summed E-state index contributed by atoms with van der Waals surface area (Å²) in [7, 11) is 0. The van der Waals surface area contributed by atoms with Gasteiger partial charge in [-0.1, -0.05) is 34.1 Å². The van der Waals surface area contributed by atoms with E-state index in [1.165, 1.54) is 6.92 Å². The zero-order chi connectivity index (χ0) is 12.0. The molecule has 0 rings (SSSR count). The number of hydrogen-bond donors (Lipinski definition) is 2. The zero-order valence-corrected chi connectivity index (χ0v) is 9.02. The first-order valence-electron chi connectivity index (χ1n) is 4.72. The van der Waals surface area contributed by atoms with Crippen molar-refractivity contribution in [2.75, 3.05) is 0 Å². The summed E-state index contributed by atoms with van der Waals surface area (Å²) in [6.07, 6.45) is -5.15. The maximum Gasteiger partial charge on any atom is 0.442 e. The molecular weight excluding hydrogens is 197 g/mol. The van der Waals surface area contributed by atoms with Crippen LogP contribution in [0.3, 0.4) is 0 Å². The Labute approximate surface area is 82.7 Å². The summed E-state index contributed by atoms with van der Waals surface area (Å²) in [6.45, 7) is 7.23. The summed E-state index contributed by atoms with van der Waals surface area (Å²) in [4.78, 5) is 0. The van der Waals surface area contributed by atoms with Crippen molar-refractivity contribution in [3.8, 4) is 0 Å². The predicted molar refractivity (Wildman–Crippen MR) is 48.6 cm³/mol. The quantitative estimate of drug-likeness (QED) is 0.712. The fourth-order valence-electron chi connectivity index (χ4n) is 0.746. The molecule has 0 aromatic carbocycles. The molecule has 0 aliphatic rings. The van der Waals surface area contributed by atoms with E-state index < -0.39 is 18.4 Å². The number of halogens is 3. The van der Waals surface area contributed by atoms with Crippen molar-refractivity contribution < 1.29 is 23.4 Å². The Morgan fingerprint density at radius 1 is 1.14 bits per heavy atom. The highest BCUT2D eigenvalue weighted by atomic mass is 19.4.